The molecule has 2 aromatic carbocycles. The summed E-state index contributed by atoms with van der Waals surface area (Å²) in [7, 11) is 0. The molecule has 188 valence electrons. The van der Waals surface area contributed by atoms with Crippen LogP contribution >= 0.6 is 0 Å². The number of rotatable bonds is 8. The molecule has 0 bridgehead atoms. The van der Waals surface area contributed by atoms with Gasteiger partial charge in [-0.15, -0.1) is 0 Å². The van der Waals surface area contributed by atoms with Gasteiger partial charge >= 0.3 is 0 Å². The zero-order valence-corrected chi connectivity index (χ0v) is 20.8. The van der Waals surface area contributed by atoms with Gasteiger partial charge in [0.15, 0.2) is 6.10 Å². The number of halogens is 1. The maximum atomic E-state index is 13.7. The molecule has 2 heterocycles. The second-order valence-corrected chi connectivity index (χ2v) is 9.65. The number of fused-ring (bicyclic) bond motifs is 1. The van der Waals surface area contributed by atoms with Crippen LogP contribution in [0.15, 0.2) is 42.5 Å². The van der Waals surface area contributed by atoms with Gasteiger partial charge in [-0.2, -0.15) is 0 Å². The summed E-state index contributed by atoms with van der Waals surface area (Å²) < 4.78 is 25.4. The smallest absolute Gasteiger partial charge is 0.261 e. The fraction of sp³-hybridized carbons (Fsp3) is 0.500. The summed E-state index contributed by atoms with van der Waals surface area (Å²) in [4.78, 5) is 27.7. The Labute approximate surface area is 206 Å². The van der Waals surface area contributed by atoms with Crippen molar-refractivity contribution in [2.24, 2.45) is 5.92 Å². The first-order chi connectivity index (χ1) is 16.9. The summed E-state index contributed by atoms with van der Waals surface area (Å²) in [5.74, 6) is -0.00293. The average molecular weight is 483 g/mol. The lowest BCUT2D eigenvalue weighted by atomic mass is 9.87. The highest BCUT2D eigenvalue weighted by Gasteiger charge is 2.33. The molecule has 0 unspecified atom stereocenters. The molecule has 0 radical (unpaired) electrons. The molecular weight excluding hydrogens is 447 g/mol. The fourth-order valence-electron chi connectivity index (χ4n) is 4.86. The van der Waals surface area contributed by atoms with E-state index in [2.05, 4.69) is 5.32 Å². The van der Waals surface area contributed by atoms with Crippen LogP contribution in [0, 0.1) is 11.7 Å². The van der Waals surface area contributed by atoms with Crippen LogP contribution in [0.2, 0.25) is 0 Å². The lowest BCUT2D eigenvalue weighted by molar-refractivity contribution is -0.136. The van der Waals surface area contributed by atoms with Crippen LogP contribution in [0.1, 0.15) is 62.8 Å². The number of hydrogen-bond donors (Lipinski definition) is 1. The molecule has 7 heteroatoms. The Balaban J connectivity index is 1.58. The van der Waals surface area contributed by atoms with E-state index in [0.29, 0.717) is 25.3 Å². The SMILES string of the molecule is CC[C@H](Oc1ccc2c(c1)[C@H](c1ccc(F)cc1)N(C(=O)C(C)C)CC2)C(=O)NC[C@@H]1CCCO1. The molecule has 0 saturated carbocycles. The minimum Gasteiger partial charge on any atom is -0.481 e. The van der Waals surface area contributed by atoms with Gasteiger partial charge in [-0.1, -0.05) is 39.0 Å². The molecule has 2 aliphatic heterocycles. The Morgan fingerprint density at radius 2 is 1.97 bits per heavy atom. The summed E-state index contributed by atoms with van der Waals surface area (Å²) in [6.07, 6.45) is 2.67. The van der Waals surface area contributed by atoms with Gasteiger partial charge in [0.2, 0.25) is 5.91 Å². The number of ether oxygens (including phenoxy) is 2. The van der Waals surface area contributed by atoms with Gasteiger partial charge < -0.3 is 19.7 Å². The maximum absolute atomic E-state index is 13.7. The molecule has 4 rings (SSSR count). The van der Waals surface area contributed by atoms with Gasteiger partial charge in [0.05, 0.1) is 12.1 Å². The van der Waals surface area contributed by atoms with Crippen LogP contribution in [0.25, 0.3) is 0 Å². The highest BCUT2D eigenvalue weighted by atomic mass is 19.1. The van der Waals surface area contributed by atoms with Crippen molar-refractivity contribution in [1.82, 2.24) is 10.2 Å². The lowest BCUT2D eigenvalue weighted by Gasteiger charge is -2.39. The summed E-state index contributed by atoms with van der Waals surface area (Å²) in [5, 5.41) is 2.96. The number of carbonyl (C=O) groups is 2. The van der Waals surface area contributed by atoms with Crippen molar-refractivity contribution >= 4 is 11.8 Å². The predicted octanol–water partition coefficient (Wildman–Crippen LogP) is 4.41. The van der Waals surface area contributed by atoms with Gasteiger partial charge in [0, 0.05) is 25.6 Å². The Morgan fingerprint density at radius 1 is 1.20 bits per heavy atom. The van der Waals surface area contributed by atoms with Crippen LogP contribution in [0.5, 0.6) is 5.75 Å². The Bertz CT molecular complexity index is 1030. The average Bonchev–Trinajstić information content (AvgIpc) is 3.39. The first-order valence-corrected chi connectivity index (χ1v) is 12.6. The summed E-state index contributed by atoms with van der Waals surface area (Å²) in [6, 6.07) is 11.8. The minimum absolute atomic E-state index is 0.0521. The lowest BCUT2D eigenvalue weighted by Crippen LogP contribution is -2.43. The molecular formula is C28H35FN2O4. The summed E-state index contributed by atoms with van der Waals surface area (Å²) >= 11 is 0. The quantitative estimate of drug-likeness (QED) is 0.605. The standard InChI is InChI=1S/C28H35FN2O4/c1-4-25(27(32)30-17-23-6-5-15-34-23)35-22-12-9-19-13-14-31(28(33)18(2)3)26(24(19)16-22)20-7-10-21(29)11-8-20/h7-12,16,18,23,25-26H,4-6,13-15,17H2,1-3H3,(H,30,32)/t23-,25-,26-/m0/s1. The van der Waals surface area contributed by atoms with E-state index in [0.717, 1.165) is 42.6 Å². The van der Waals surface area contributed by atoms with Crippen molar-refractivity contribution < 1.29 is 23.5 Å². The minimum atomic E-state index is -0.629. The highest BCUT2D eigenvalue weighted by molar-refractivity contribution is 5.81. The van der Waals surface area contributed by atoms with Gasteiger partial charge in [0.25, 0.3) is 5.91 Å². The predicted molar refractivity (Wildman–Crippen MR) is 132 cm³/mol. The monoisotopic (exact) mass is 482 g/mol. The first-order valence-electron chi connectivity index (χ1n) is 12.6. The molecule has 1 saturated heterocycles. The van der Waals surface area contributed by atoms with Crippen molar-refractivity contribution in [1.29, 1.82) is 0 Å². The Hall–Kier alpha value is -2.93. The molecule has 3 atom stereocenters. The molecule has 1 N–H and O–H groups in total. The van der Waals surface area contributed by atoms with Gasteiger partial charge in [-0.3, -0.25) is 9.59 Å². The summed E-state index contributed by atoms with van der Waals surface area (Å²) in [5.41, 5.74) is 2.92. The topological polar surface area (TPSA) is 67.9 Å². The first kappa shape index (κ1) is 25.2. The molecule has 2 amide bonds. The van der Waals surface area contributed by atoms with E-state index in [9.17, 15) is 14.0 Å². The van der Waals surface area contributed by atoms with Gasteiger partial charge in [-0.05, 0) is 66.6 Å². The van der Waals surface area contributed by atoms with Crippen molar-refractivity contribution in [3.05, 3.63) is 65.0 Å². The molecule has 1 fully saturated rings. The van der Waals surface area contributed by atoms with Crippen molar-refractivity contribution in [3.8, 4) is 5.75 Å². The van der Waals surface area contributed by atoms with Gasteiger partial charge in [0.1, 0.15) is 11.6 Å². The largest absolute Gasteiger partial charge is 0.481 e. The number of nitrogens with zero attached hydrogens (tertiary/aromatic N) is 1. The number of hydrogen-bond acceptors (Lipinski definition) is 4. The van der Waals surface area contributed by atoms with E-state index in [1.54, 1.807) is 12.1 Å². The zero-order chi connectivity index (χ0) is 24.9. The van der Waals surface area contributed by atoms with Gasteiger partial charge in [-0.25, -0.2) is 4.39 Å². The van der Waals surface area contributed by atoms with E-state index in [1.807, 2.05) is 43.9 Å². The van der Waals surface area contributed by atoms with E-state index >= 15 is 0 Å². The molecule has 0 aliphatic carbocycles. The van der Waals surface area contributed by atoms with Crippen LogP contribution in [-0.4, -0.2) is 48.6 Å². The second kappa shape index (κ2) is 11.2. The van der Waals surface area contributed by atoms with Crippen LogP contribution in [0.4, 0.5) is 4.39 Å². The number of nitrogens with one attached hydrogen (secondary N) is 1. The fourth-order valence-corrected chi connectivity index (χ4v) is 4.86. The maximum Gasteiger partial charge on any atom is 0.261 e. The third-order valence-electron chi connectivity index (χ3n) is 6.78. The molecule has 2 aliphatic rings. The van der Waals surface area contributed by atoms with E-state index < -0.39 is 6.10 Å². The second-order valence-electron chi connectivity index (χ2n) is 9.65. The van der Waals surface area contributed by atoms with Crippen LogP contribution in [-0.2, 0) is 20.7 Å². The van der Waals surface area contributed by atoms with Crippen LogP contribution in [0.3, 0.4) is 0 Å². The van der Waals surface area contributed by atoms with Crippen molar-refractivity contribution in [3.63, 3.8) is 0 Å². The molecule has 6 nitrogen and oxygen atoms in total. The zero-order valence-electron chi connectivity index (χ0n) is 20.8. The Kier molecular flexibility index (Phi) is 8.06. The van der Waals surface area contributed by atoms with Crippen LogP contribution < -0.4 is 10.1 Å². The highest BCUT2D eigenvalue weighted by Crippen LogP contribution is 2.38. The summed E-state index contributed by atoms with van der Waals surface area (Å²) in [6.45, 7) is 7.52. The number of benzene rings is 2. The van der Waals surface area contributed by atoms with E-state index in [1.165, 1.54) is 12.1 Å². The molecule has 0 spiro atoms. The third-order valence-corrected chi connectivity index (χ3v) is 6.78. The Morgan fingerprint density at radius 3 is 2.63 bits per heavy atom. The molecule has 0 aromatic heterocycles. The molecule has 2 aromatic rings. The number of amides is 2. The van der Waals surface area contributed by atoms with E-state index in [-0.39, 0.29) is 35.7 Å². The van der Waals surface area contributed by atoms with Crippen molar-refractivity contribution in [2.75, 3.05) is 19.7 Å². The van der Waals surface area contributed by atoms with E-state index in [4.69, 9.17) is 9.47 Å². The third kappa shape index (κ3) is 5.84. The number of carbonyl (C=O) groups excluding carboxylic acids is 2. The normalized spacial score (nSPS) is 20.4. The van der Waals surface area contributed by atoms with Crippen molar-refractivity contribution in [2.45, 2.75) is 64.7 Å². The molecule has 35 heavy (non-hydrogen) atoms.